The normalized spacial score (nSPS) is 12.8. The number of aromatic nitrogens is 1. The van der Waals surface area contributed by atoms with Gasteiger partial charge in [0, 0.05) is 5.56 Å². The lowest BCUT2D eigenvalue weighted by molar-refractivity contribution is -0.386. The van der Waals surface area contributed by atoms with Gasteiger partial charge in [0.05, 0.1) is 28.2 Å². The number of hydrogen-bond acceptors (Lipinski definition) is 4. The molecule has 1 aromatic heterocycles. The molecule has 1 rings (SSSR count). The number of aliphatic hydroxyl groups is 1. The Bertz CT molecular complexity index is 525. The number of nitrogens with zero attached hydrogens (tertiary/aromatic N) is 2. The first-order valence-corrected chi connectivity index (χ1v) is 6.27. The van der Waals surface area contributed by atoms with Crippen LogP contribution in [0.25, 0.3) is 0 Å². The molecule has 0 aromatic carbocycles. The number of pyridine rings is 1. The Morgan fingerprint density at radius 1 is 1.56 bits per heavy atom. The third kappa shape index (κ3) is 2.97. The molecule has 0 aliphatic carbocycles. The summed E-state index contributed by atoms with van der Waals surface area (Å²) < 4.78 is 1.33. The van der Waals surface area contributed by atoms with Gasteiger partial charge in [0.1, 0.15) is 0 Å². The molecule has 1 atom stereocenters. The quantitative estimate of drug-likeness (QED) is 0.678. The molecule has 1 heterocycles. The molecular weight excluding hydrogens is 304 g/mol. The van der Waals surface area contributed by atoms with Gasteiger partial charge in [0.15, 0.2) is 0 Å². The van der Waals surface area contributed by atoms with Crippen molar-refractivity contribution in [1.29, 1.82) is 0 Å². The van der Waals surface area contributed by atoms with Crippen LogP contribution in [-0.4, -0.2) is 20.7 Å². The zero-order chi connectivity index (χ0) is 14.0. The first-order chi connectivity index (χ1) is 8.25. The first-order valence-electron chi connectivity index (χ1n) is 5.47. The largest absolute Gasteiger partial charge is 0.391 e. The molecule has 1 aromatic rings. The number of rotatable bonds is 4. The lowest BCUT2D eigenvalue weighted by atomic mass is 10.1. The van der Waals surface area contributed by atoms with E-state index in [2.05, 4.69) is 15.9 Å². The summed E-state index contributed by atoms with van der Waals surface area (Å²) in [4.78, 5) is 22.2. The van der Waals surface area contributed by atoms with Crippen LogP contribution >= 0.6 is 15.9 Å². The van der Waals surface area contributed by atoms with Gasteiger partial charge in [-0.2, -0.15) is 0 Å². The van der Waals surface area contributed by atoms with Crippen molar-refractivity contribution in [3.63, 3.8) is 0 Å². The van der Waals surface area contributed by atoms with Crippen LogP contribution < -0.4 is 5.56 Å². The van der Waals surface area contributed by atoms with Crippen molar-refractivity contribution in [3.8, 4) is 0 Å². The van der Waals surface area contributed by atoms with Crippen LogP contribution in [0.3, 0.4) is 0 Å². The van der Waals surface area contributed by atoms with Gasteiger partial charge in [0.2, 0.25) is 0 Å². The van der Waals surface area contributed by atoms with Crippen LogP contribution in [0.15, 0.2) is 15.5 Å². The molecule has 0 fully saturated rings. The van der Waals surface area contributed by atoms with Crippen molar-refractivity contribution >= 4 is 21.6 Å². The van der Waals surface area contributed by atoms with Gasteiger partial charge in [-0.25, -0.2) is 0 Å². The van der Waals surface area contributed by atoms with Gasteiger partial charge in [-0.05, 0) is 28.8 Å². The van der Waals surface area contributed by atoms with Gasteiger partial charge in [-0.3, -0.25) is 14.9 Å². The number of hydrogen-bond donors (Lipinski definition) is 1. The highest BCUT2D eigenvalue weighted by molar-refractivity contribution is 9.10. The highest BCUT2D eigenvalue weighted by atomic mass is 79.9. The Morgan fingerprint density at radius 2 is 2.11 bits per heavy atom. The minimum absolute atomic E-state index is 0.0314. The molecule has 7 heteroatoms. The number of nitro groups is 1. The summed E-state index contributed by atoms with van der Waals surface area (Å²) in [6.45, 7) is 5.17. The van der Waals surface area contributed by atoms with Crippen molar-refractivity contribution in [2.75, 3.05) is 0 Å². The fraction of sp³-hybridized carbons (Fsp3) is 0.545. The summed E-state index contributed by atoms with van der Waals surface area (Å²) in [6, 6.07) is 0. The second-order valence-electron chi connectivity index (χ2n) is 4.48. The molecule has 18 heavy (non-hydrogen) atoms. The lowest BCUT2D eigenvalue weighted by Crippen LogP contribution is -2.30. The zero-order valence-corrected chi connectivity index (χ0v) is 12.0. The van der Waals surface area contributed by atoms with E-state index >= 15 is 0 Å². The fourth-order valence-corrected chi connectivity index (χ4v) is 1.86. The van der Waals surface area contributed by atoms with Crippen LogP contribution in [0.2, 0.25) is 0 Å². The zero-order valence-electron chi connectivity index (χ0n) is 10.4. The first kappa shape index (κ1) is 14.8. The maximum Gasteiger partial charge on any atom is 0.289 e. The summed E-state index contributed by atoms with van der Waals surface area (Å²) in [5, 5.41) is 20.6. The third-order valence-corrected chi connectivity index (χ3v) is 3.72. The molecule has 6 nitrogen and oxygen atoms in total. The van der Waals surface area contributed by atoms with Crippen molar-refractivity contribution in [1.82, 2.24) is 4.57 Å². The number of aliphatic hydroxyl groups excluding tert-OH is 1. The molecule has 1 N–H and O–H groups in total. The molecule has 0 aliphatic heterocycles. The van der Waals surface area contributed by atoms with E-state index in [1.165, 1.54) is 17.7 Å². The maximum atomic E-state index is 11.9. The summed E-state index contributed by atoms with van der Waals surface area (Å²) in [5.41, 5.74) is -0.226. The van der Waals surface area contributed by atoms with Crippen LogP contribution in [0.4, 0.5) is 5.69 Å². The predicted octanol–water partition coefficient (Wildman–Crippen LogP) is 1.84. The highest BCUT2D eigenvalue weighted by Gasteiger charge is 2.20. The van der Waals surface area contributed by atoms with E-state index in [-0.39, 0.29) is 28.2 Å². The monoisotopic (exact) mass is 318 g/mol. The SMILES string of the molecule is Cc1c([N+](=O)[O-])cn(CC(O)C(C)C)c(=O)c1Br. The van der Waals surface area contributed by atoms with Crippen molar-refractivity contribution in [2.45, 2.75) is 33.4 Å². The van der Waals surface area contributed by atoms with Crippen molar-refractivity contribution in [3.05, 3.63) is 36.7 Å². The van der Waals surface area contributed by atoms with E-state index in [4.69, 9.17) is 0 Å². The summed E-state index contributed by atoms with van der Waals surface area (Å²) >= 11 is 3.06. The summed E-state index contributed by atoms with van der Waals surface area (Å²) in [5.74, 6) is -0.0314. The Hall–Kier alpha value is -1.21. The van der Waals surface area contributed by atoms with Crippen molar-refractivity contribution in [2.24, 2.45) is 5.92 Å². The standard InChI is InChI=1S/C11H15BrN2O4/c1-6(2)9(15)5-13-4-8(14(17)18)7(3)10(12)11(13)16/h4,6,9,15H,5H2,1-3H3. The molecule has 100 valence electrons. The second kappa shape index (κ2) is 5.62. The molecule has 0 saturated carbocycles. The van der Waals surface area contributed by atoms with Crippen LogP contribution in [0.1, 0.15) is 19.4 Å². The molecule has 0 amide bonds. The Morgan fingerprint density at radius 3 is 2.56 bits per heavy atom. The topological polar surface area (TPSA) is 85.4 Å². The van der Waals surface area contributed by atoms with Crippen LogP contribution in [-0.2, 0) is 6.54 Å². The third-order valence-electron chi connectivity index (χ3n) is 2.79. The fourth-order valence-electron chi connectivity index (χ4n) is 1.43. The highest BCUT2D eigenvalue weighted by Crippen LogP contribution is 2.22. The van der Waals surface area contributed by atoms with E-state index in [1.807, 2.05) is 13.8 Å². The molecule has 0 bridgehead atoms. The second-order valence-corrected chi connectivity index (χ2v) is 5.27. The smallest absolute Gasteiger partial charge is 0.289 e. The minimum atomic E-state index is -0.725. The lowest BCUT2D eigenvalue weighted by Gasteiger charge is -2.16. The van der Waals surface area contributed by atoms with Gasteiger partial charge in [-0.1, -0.05) is 13.8 Å². The Labute approximate surface area is 113 Å². The Balaban J connectivity index is 3.29. The summed E-state index contributed by atoms with van der Waals surface area (Å²) in [7, 11) is 0. The minimum Gasteiger partial charge on any atom is -0.391 e. The molecule has 0 saturated heterocycles. The molecule has 1 unspecified atom stereocenters. The average molecular weight is 319 g/mol. The van der Waals surface area contributed by atoms with E-state index in [0.717, 1.165) is 0 Å². The van der Waals surface area contributed by atoms with E-state index < -0.39 is 11.0 Å². The average Bonchev–Trinajstić information content (AvgIpc) is 2.29. The van der Waals surface area contributed by atoms with Gasteiger partial charge < -0.3 is 9.67 Å². The maximum absolute atomic E-state index is 11.9. The van der Waals surface area contributed by atoms with Crippen molar-refractivity contribution < 1.29 is 10.0 Å². The van der Waals surface area contributed by atoms with Gasteiger partial charge >= 0.3 is 0 Å². The van der Waals surface area contributed by atoms with E-state index in [0.29, 0.717) is 5.56 Å². The molecule has 0 radical (unpaired) electrons. The van der Waals surface area contributed by atoms with Gasteiger partial charge in [-0.15, -0.1) is 0 Å². The molecular formula is C11H15BrN2O4. The number of halogens is 1. The Kier molecular flexibility index (Phi) is 4.64. The predicted molar refractivity (Wildman–Crippen MR) is 70.6 cm³/mol. The van der Waals surface area contributed by atoms with Crippen LogP contribution in [0.5, 0.6) is 0 Å². The van der Waals surface area contributed by atoms with Crippen LogP contribution in [0, 0.1) is 23.0 Å². The molecule has 0 spiro atoms. The van der Waals surface area contributed by atoms with E-state index in [9.17, 15) is 20.0 Å². The van der Waals surface area contributed by atoms with E-state index in [1.54, 1.807) is 0 Å². The summed E-state index contributed by atoms with van der Waals surface area (Å²) in [6.07, 6.45) is 0.450. The molecule has 0 aliphatic rings. The van der Waals surface area contributed by atoms with Gasteiger partial charge in [0.25, 0.3) is 11.2 Å².